The van der Waals surface area contributed by atoms with E-state index < -0.39 is 0 Å². The Hall–Kier alpha value is -2.73. The molecule has 1 saturated heterocycles. The lowest BCUT2D eigenvalue weighted by Gasteiger charge is -2.14. The zero-order chi connectivity index (χ0) is 18.4. The molecule has 26 heavy (non-hydrogen) atoms. The van der Waals surface area contributed by atoms with Crippen molar-refractivity contribution >= 4 is 17.5 Å². The van der Waals surface area contributed by atoms with Crippen LogP contribution >= 0.6 is 0 Å². The summed E-state index contributed by atoms with van der Waals surface area (Å²) in [5.41, 5.74) is 1.39. The fraction of sp³-hybridized carbons (Fsp3) is 0.300. The maximum Gasteiger partial charge on any atom is 0.253 e. The SMILES string of the molecule is O=C(Cc1cccc(F)c1)Nc1ccccc1C(=O)NCC1CCCO1. The maximum absolute atomic E-state index is 13.2. The molecule has 1 aliphatic rings. The molecule has 0 aliphatic carbocycles. The van der Waals surface area contributed by atoms with E-state index in [1.54, 1.807) is 36.4 Å². The second-order valence-corrected chi connectivity index (χ2v) is 6.25. The molecule has 1 heterocycles. The van der Waals surface area contributed by atoms with E-state index in [0.717, 1.165) is 19.4 Å². The second-order valence-electron chi connectivity index (χ2n) is 6.25. The number of amides is 2. The van der Waals surface area contributed by atoms with Crippen LogP contribution < -0.4 is 10.6 Å². The van der Waals surface area contributed by atoms with Gasteiger partial charge in [-0.3, -0.25) is 9.59 Å². The van der Waals surface area contributed by atoms with Gasteiger partial charge in [-0.05, 0) is 42.7 Å². The Bertz CT molecular complexity index is 788. The lowest BCUT2D eigenvalue weighted by molar-refractivity contribution is -0.115. The fourth-order valence-corrected chi connectivity index (χ4v) is 2.92. The van der Waals surface area contributed by atoms with Crippen molar-refractivity contribution < 1.29 is 18.7 Å². The van der Waals surface area contributed by atoms with Gasteiger partial charge in [0.25, 0.3) is 5.91 Å². The van der Waals surface area contributed by atoms with E-state index in [2.05, 4.69) is 10.6 Å². The zero-order valence-corrected chi connectivity index (χ0v) is 14.3. The Labute approximate surface area is 151 Å². The number of nitrogens with one attached hydrogen (secondary N) is 2. The highest BCUT2D eigenvalue weighted by atomic mass is 19.1. The Kier molecular flexibility index (Phi) is 5.96. The van der Waals surface area contributed by atoms with Crippen LogP contribution in [0.5, 0.6) is 0 Å². The molecule has 2 aromatic rings. The van der Waals surface area contributed by atoms with E-state index in [4.69, 9.17) is 4.74 Å². The summed E-state index contributed by atoms with van der Waals surface area (Å²) in [4.78, 5) is 24.7. The average molecular weight is 356 g/mol. The Balaban J connectivity index is 1.62. The number of hydrogen-bond donors (Lipinski definition) is 2. The number of halogens is 1. The number of para-hydroxylation sites is 1. The Morgan fingerprint density at radius 2 is 2.00 bits per heavy atom. The van der Waals surface area contributed by atoms with Crippen LogP contribution in [0.25, 0.3) is 0 Å². The van der Waals surface area contributed by atoms with Gasteiger partial charge in [0.1, 0.15) is 5.82 Å². The van der Waals surface area contributed by atoms with Gasteiger partial charge >= 0.3 is 0 Å². The standard InChI is InChI=1S/C20H21FN2O3/c21-15-6-3-5-14(11-15)12-19(24)23-18-9-2-1-8-17(18)20(25)22-13-16-7-4-10-26-16/h1-3,5-6,8-9,11,16H,4,7,10,12-13H2,(H,22,25)(H,23,24). The monoisotopic (exact) mass is 356 g/mol. The molecular formula is C20H21FN2O3. The van der Waals surface area contributed by atoms with Gasteiger partial charge in [-0.2, -0.15) is 0 Å². The summed E-state index contributed by atoms with van der Waals surface area (Å²) >= 11 is 0. The molecule has 0 aromatic heterocycles. The Morgan fingerprint density at radius 3 is 2.77 bits per heavy atom. The van der Waals surface area contributed by atoms with Crippen molar-refractivity contribution in [3.05, 3.63) is 65.5 Å². The van der Waals surface area contributed by atoms with Crippen LogP contribution in [0.4, 0.5) is 10.1 Å². The molecule has 0 saturated carbocycles. The third-order valence-corrected chi connectivity index (χ3v) is 4.21. The van der Waals surface area contributed by atoms with Crippen molar-refractivity contribution in [2.24, 2.45) is 0 Å². The topological polar surface area (TPSA) is 67.4 Å². The minimum atomic E-state index is -0.385. The lowest BCUT2D eigenvalue weighted by atomic mass is 10.1. The minimum Gasteiger partial charge on any atom is -0.376 e. The highest BCUT2D eigenvalue weighted by molar-refractivity contribution is 6.04. The summed E-state index contributed by atoms with van der Waals surface area (Å²) in [7, 11) is 0. The van der Waals surface area contributed by atoms with Gasteiger partial charge in [-0.1, -0.05) is 24.3 Å². The molecule has 2 aromatic carbocycles. The van der Waals surface area contributed by atoms with Crippen LogP contribution in [0.3, 0.4) is 0 Å². The molecule has 136 valence electrons. The van der Waals surface area contributed by atoms with Crippen molar-refractivity contribution in [2.45, 2.75) is 25.4 Å². The maximum atomic E-state index is 13.2. The van der Waals surface area contributed by atoms with Gasteiger partial charge < -0.3 is 15.4 Å². The summed E-state index contributed by atoms with van der Waals surface area (Å²) in [6, 6.07) is 12.7. The molecule has 5 nitrogen and oxygen atoms in total. The van der Waals surface area contributed by atoms with Crippen LogP contribution in [-0.4, -0.2) is 31.1 Å². The second kappa shape index (κ2) is 8.58. The van der Waals surface area contributed by atoms with Crippen molar-refractivity contribution in [3.8, 4) is 0 Å². The molecule has 2 amide bonds. The summed E-state index contributed by atoms with van der Waals surface area (Å²) in [5, 5.41) is 5.58. The normalized spacial score (nSPS) is 16.3. The highest BCUT2D eigenvalue weighted by Gasteiger charge is 2.18. The third kappa shape index (κ3) is 4.89. The van der Waals surface area contributed by atoms with Gasteiger partial charge in [-0.25, -0.2) is 4.39 Å². The molecule has 0 bridgehead atoms. The first-order valence-electron chi connectivity index (χ1n) is 8.65. The molecule has 0 radical (unpaired) electrons. The number of carbonyl (C=O) groups is 2. The van der Waals surface area contributed by atoms with Gasteiger partial charge in [0, 0.05) is 13.2 Å². The molecule has 1 atom stereocenters. The summed E-state index contributed by atoms with van der Waals surface area (Å²) in [6.45, 7) is 1.18. The van der Waals surface area contributed by atoms with Crippen LogP contribution in [-0.2, 0) is 16.0 Å². The van der Waals surface area contributed by atoms with Crippen molar-refractivity contribution in [1.82, 2.24) is 5.32 Å². The van der Waals surface area contributed by atoms with E-state index >= 15 is 0 Å². The predicted molar refractivity (Wildman–Crippen MR) is 96.5 cm³/mol. The van der Waals surface area contributed by atoms with Gasteiger partial charge in [0.05, 0.1) is 23.8 Å². The van der Waals surface area contributed by atoms with E-state index in [0.29, 0.717) is 23.4 Å². The number of anilines is 1. The summed E-state index contributed by atoms with van der Waals surface area (Å²) < 4.78 is 18.7. The number of ether oxygens (including phenoxy) is 1. The van der Waals surface area contributed by atoms with Gasteiger partial charge in [0.2, 0.25) is 5.91 Å². The molecule has 6 heteroatoms. The van der Waals surface area contributed by atoms with Crippen molar-refractivity contribution in [3.63, 3.8) is 0 Å². The van der Waals surface area contributed by atoms with E-state index in [-0.39, 0.29) is 30.2 Å². The van der Waals surface area contributed by atoms with Crippen LogP contribution in [0, 0.1) is 5.82 Å². The molecule has 0 spiro atoms. The van der Waals surface area contributed by atoms with Crippen molar-refractivity contribution in [1.29, 1.82) is 0 Å². The molecule has 1 unspecified atom stereocenters. The molecule has 2 N–H and O–H groups in total. The minimum absolute atomic E-state index is 0.0314. The third-order valence-electron chi connectivity index (χ3n) is 4.21. The van der Waals surface area contributed by atoms with E-state index in [1.807, 2.05) is 0 Å². The highest BCUT2D eigenvalue weighted by Crippen LogP contribution is 2.17. The number of hydrogen-bond acceptors (Lipinski definition) is 3. The van der Waals surface area contributed by atoms with Gasteiger partial charge in [0.15, 0.2) is 0 Å². The Morgan fingerprint density at radius 1 is 1.15 bits per heavy atom. The first-order chi connectivity index (χ1) is 12.6. The molecule has 3 rings (SSSR count). The lowest BCUT2D eigenvalue weighted by Crippen LogP contribution is -2.32. The summed E-state index contributed by atoms with van der Waals surface area (Å²) in [6.07, 6.45) is 2.03. The first-order valence-corrected chi connectivity index (χ1v) is 8.65. The molecule has 1 fully saturated rings. The number of benzene rings is 2. The molecular weight excluding hydrogens is 335 g/mol. The number of rotatable bonds is 6. The smallest absolute Gasteiger partial charge is 0.253 e. The molecule has 1 aliphatic heterocycles. The largest absolute Gasteiger partial charge is 0.376 e. The average Bonchev–Trinajstić information content (AvgIpc) is 3.13. The predicted octanol–water partition coefficient (Wildman–Crippen LogP) is 2.92. The van der Waals surface area contributed by atoms with Gasteiger partial charge in [-0.15, -0.1) is 0 Å². The fourth-order valence-electron chi connectivity index (χ4n) is 2.92. The summed E-state index contributed by atoms with van der Waals surface area (Å²) in [5.74, 6) is -0.957. The first kappa shape index (κ1) is 18.1. The van der Waals surface area contributed by atoms with Crippen LogP contribution in [0.15, 0.2) is 48.5 Å². The zero-order valence-electron chi connectivity index (χ0n) is 14.3. The van der Waals surface area contributed by atoms with Crippen LogP contribution in [0.2, 0.25) is 0 Å². The quantitative estimate of drug-likeness (QED) is 0.836. The van der Waals surface area contributed by atoms with Crippen LogP contribution in [0.1, 0.15) is 28.8 Å². The van der Waals surface area contributed by atoms with E-state index in [1.165, 1.54) is 12.1 Å². The van der Waals surface area contributed by atoms with E-state index in [9.17, 15) is 14.0 Å². The number of carbonyl (C=O) groups excluding carboxylic acids is 2. The van der Waals surface area contributed by atoms with Crippen molar-refractivity contribution in [2.75, 3.05) is 18.5 Å².